The van der Waals surface area contributed by atoms with Crippen LogP contribution in [0.15, 0.2) is 17.1 Å². The Morgan fingerprint density at radius 1 is 1.38 bits per heavy atom. The summed E-state index contributed by atoms with van der Waals surface area (Å²) in [6.45, 7) is 4.97. The summed E-state index contributed by atoms with van der Waals surface area (Å²) in [6, 6.07) is 1.88. The lowest BCUT2D eigenvalue weighted by molar-refractivity contribution is 0.0764. The number of aryl methyl sites for hydroxylation is 1. The predicted molar refractivity (Wildman–Crippen MR) is 102 cm³/mol. The molecule has 1 aliphatic heterocycles. The van der Waals surface area contributed by atoms with Crippen molar-refractivity contribution in [1.29, 1.82) is 0 Å². The molecule has 1 amide bonds. The second kappa shape index (κ2) is 8.35. The molecule has 1 unspecified atom stereocenters. The average molecular weight is 361 g/mol. The van der Waals surface area contributed by atoms with Gasteiger partial charge in [0.1, 0.15) is 5.56 Å². The van der Waals surface area contributed by atoms with Crippen LogP contribution in [0.1, 0.15) is 54.4 Å². The van der Waals surface area contributed by atoms with Gasteiger partial charge in [0.05, 0.1) is 12.1 Å². The third kappa shape index (κ3) is 4.18. The van der Waals surface area contributed by atoms with Gasteiger partial charge in [0, 0.05) is 19.9 Å². The highest BCUT2D eigenvalue weighted by molar-refractivity contribution is 5.95. The number of amides is 1. The van der Waals surface area contributed by atoms with Crippen molar-refractivity contribution < 1.29 is 9.53 Å². The van der Waals surface area contributed by atoms with Gasteiger partial charge in [-0.25, -0.2) is 0 Å². The molecule has 6 nitrogen and oxygen atoms in total. The summed E-state index contributed by atoms with van der Waals surface area (Å²) in [6.07, 6.45) is 8.04. The third-order valence-electron chi connectivity index (χ3n) is 5.81. The van der Waals surface area contributed by atoms with Crippen molar-refractivity contribution in [2.75, 3.05) is 26.8 Å². The molecule has 26 heavy (non-hydrogen) atoms. The van der Waals surface area contributed by atoms with E-state index in [1.807, 2.05) is 19.2 Å². The Hall–Kier alpha value is -1.66. The molecule has 144 valence electrons. The lowest BCUT2D eigenvalue weighted by atomic mass is 9.97. The Morgan fingerprint density at radius 3 is 2.81 bits per heavy atom. The Balaban J connectivity index is 1.80. The second-order valence-corrected chi connectivity index (χ2v) is 7.92. The first-order valence-corrected chi connectivity index (χ1v) is 9.77. The van der Waals surface area contributed by atoms with Gasteiger partial charge in [-0.3, -0.25) is 9.59 Å². The van der Waals surface area contributed by atoms with Crippen LogP contribution in [0.3, 0.4) is 0 Å². The highest BCUT2D eigenvalue weighted by atomic mass is 16.5. The lowest BCUT2D eigenvalue weighted by Crippen LogP contribution is -2.51. The first kappa shape index (κ1) is 19.1. The van der Waals surface area contributed by atoms with Crippen LogP contribution >= 0.6 is 0 Å². The van der Waals surface area contributed by atoms with Crippen LogP contribution in [-0.2, 0) is 11.3 Å². The number of nitrogens with one attached hydrogen (secondary N) is 2. The number of piperidine rings is 1. The van der Waals surface area contributed by atoms with E-state index < -0.39 is 0 Å². The van der Waals surface area contributed by atoms with E-state index in [-0.39, 0.29) is 22.6 Å². The van der Waals surface area contributed by atoms with Gasteiger partial charge in [0.15, 0.2) is 0 Å². The topological polar surface area (TPSA) is 72.4 Å². The van der Waals surface area contributed by atoms with E-state index in [2.05, 4.69) is 10.6 Å². The molecule has 2 aliphatic rings. The quantitative estimate of drug-likeness (QED) is 0.811. The van der Waals surface area contributed by atoms with Gasteiger partial charge >= 0.3 is 0 Å². The van der Waals surface area contributed by atoms with E-state index in [1.165, 1.54) is 0 Å². The molecule has 0 bridgehead atoms. The van der Waals surface area contributed by atoms with Gasteiger partial charge < -0.3 is 19.9 Å². The van der Waals surface area contributed by atoms with Crippen molar-refractivity contribution in [3.8, 4) is 0 Å². The number of methoxy groups -OCH3 is 1. The van der Waals surface area contributed by atoms with Gasteiger partial charge in [-0.05, 0) is 63.2 Å². The highest BCUT2D eigenvalue weighted by Gasteiger charge is 2.36. The predicted octanol–water partition coefficient (Wildman–Crippen LogP) is 1.85. The minimum atomic E-state index is -0.335. The Kier molecular flexibility index (Phi) is 6.14. The van der Waals surface area contributed by atoms with Crippen molar-refractivity contribution in [2.45, 2.75) is 57.5 Å². The standard InChI is InChI=1S/C20H31N3O3/c1-15-7-11-23(13-16-6-5-10-21-12-16)19(25)17(15)18(24)22-20(14-26-2)8-3-4-9-20/h7,11,16,21H,3-6,8-10,12-14H2,1-2H3,(H,22,24). The number of carbonyl (C=O) groups excluding carboxylic acids is 1. The number of hydrogen-bond acceptors (Lipinski definition) is 4. The van der Waals surface area contributed by atoms with Gasteiger partial charge in [-0.1, -0.05) is 12.8 Å². The first-order valence-electron chi connectivity index (χ1n) is 9.77. The maximum absolute atomic E-state index is 13.0. The molecule has 2 N–H and O–H groups in total. The van der Waals surface area contributed by atoms with E-state index in [4.69, 9.17) is 4.74 Å². The SMILES string of the molecule is COCC1(NC(=O)c2c(C)ccn(CC3CCCNC3)c2=O)CCCC1. The van der Waals surface area contributed by atoms with Crippen LogP contribution in [0.4, 0.5) is 0 Å². The molecule has 2 fully saturated rings. The maximum Gasteiger partial charge on any atom is 0.263 e. The molecule has 1 saturated heterocycles. The molecule has 1 atom stereocenters. The van der Waals surface area contributed by atoms with Gasteiger partial charge in [-0.2, -0.15) is 0 Å². The van der Waals surface area contributed by atoms with Gasteiger partial charge in [-0.15, -0.1) is 0 Å². The fraction of sp³-hybridized carbons (Fsp3) is 0.700. The van der Waals surface area contributed by atoms with E-state index >= 15 is 0 Å². The van der Waals surface area contributed by atoms with Crippen molar-refractivity contribution in [3.63, 3.8) is 0 Å². The maximum atomic E-state index is 13.0. The smallest absolute Gasteiger partial charge is 0.263 e. The number of carbonyl (C=O) groups is 1. The van der Waals surface area contributed by atoms with Crippen LogP contribution in [0.2, 0.25) is 0 Å². The average Bonchev–Trinajstić information content (AvgIpc) is 3.07. The summed E-state index contributed by atoms with van der Waals surface area (Å²) in [5.41, 5.74) is 0.493. The van der Waals surface area contributed by atoms with E-state index in [9.17, 15) is 9.59 Å². The Morgan fingerprint density at radius 2 is 2.15 bits per heavy atom. The van der Waals surface area contributed by atoms with E-state index in [0.717, 1.165) is 57.2 Å². The molecule has 2 heterocycles. The molecule has 1 aromatic rings. The zero-order valence-electron chi connectivity index (χ0n) is 16.0. The van der Waals surface area contributed by atoms with Crippen molar-refractivity contribution >= 4 is 5.91 Å². The molecule has 0 aromatic carbocycles. The number of ether oxygens (including phenoxy) is 1. The first-order chi connectivity index (χ1) is 12.5. The molecule has 6 heteroatoms. The number of rotatable bonds is 6. The zero-order valence-corrected chi connectivity index (χ0v) is 16.0. The van der Waals surface area contributed by atoms with Crippen molar-refractivity contribution in [3.05, 3.63) is 33.7 Å². The second-order valence-electron chi connectivity index (χ2n) is 7.92. The summed E-state index contributed by atoms with van der Waals surface area (Å²) in [5, 5.41) is 6.51. The number of nitrogens with zero attached hydrogens (tertiary/aromatic N) is 1. The zero-order chi connectivity index (χ0) is 18.6. The van der Waals surface area contributed by atoms with Crippen molar-refractivity contribution in [1.82, 2.24) is 15.2 Å². The van der Waals surface area contributed by atoms with Crippen LogP contribution < -0.4 is 16.2 Å². The molecule has 1 aliphatic carbocycles. The lowest BCUT2D eigenvalue weighted by Gasteiger charge is -2.30. The van der Waals surface area contributed by atoms with Crippen LogP contribution in [-0.4, -0.2) is 42.8 Å². The van der Waals surface area contributed by atoms with E-state index in [0.29, 0.717) is 19.1 Å². The molecular weight excluding hydrogens is 330 g/mol. The minimum absolute atomic E-state index is 0.182. The number of aromatic nitrogens is 1. The minimum Gasteiger partial charge on any atom is -0.382 e. The molecule has 3 rings (SSSR count). The normalized spacial score (nSPS) is 22.3. The van der Waals surface area contributed by atoms with Crippen molar-refractivity contribution in [2.24, 2.45) is 5.92 Å². The van der Waals surface area contributed by atoms with E-state index in [1.54, 1.807) is 11.7 Å². The summed E-state index contributed by atoms with van der Waals surface area (Å²) in [5.74, 6) is 0.178. The summed E-state index contributed by atoms with van der Waals surface area (Å²) < 4.78 is 7.05. The fourth-order valence-electron chi connectivity index (χ4n) is 4.38. The van der Waals surface area contributed by atoms with Crippen LogP contribution in [0, 0.1) is 12.8 Å². The van der Waals surface area contributed by atoms with Gasteiger partial charge in [0.25, 0.3) is 11.5 Å². The molecular formula is C20H31N3O3. The summed E-state index contributed by atoms with van der Waals surface area (Å²) in [4.78, 5) is 26.0. The molecule has 1 saturated carbocycles. The van der Waals surface area contributed by atoms with Crippen LogP contribution in [0.5, 0.6) is 0 Å². The van der Waals surface area contributed by atoms with Crippen LogP contribution in [0.25, 0.3) is 0 Å². The molecule has 1 aromatic heterocycles. The third-order valence-corrected chi connectivity index (χ3v) is 5.81. The highest BCUT2D eigenvalue weighted by Crippen LogP contribution is 2.30. The fourth-order valence-corrected chi connectivity index (χ4v) is 4.38. The number of pyridine rings is 1. The number of hydrogen-bond donors (Lipinski definition) is 2. The summed E-state index contributed by atoms with van der Waals surface area (Å²) >= 11 is 0. The Bertz CT molecular complexity index is 686. The largest absolute Gasteiger partial charge is 0.382 e. The Labute approximate surface area is 155 Å². The molecule has 0 spiro atoms. The van der Waals surface area contributed by atoms with Gasteiger partial charge in [0.2, 0.25) is 0 Å². The summed E-state index contributed by atoms with van der Waals surface area (Å²) in [7, 11) is 1.66. The molecule has 0 radical (unpaired) electrons. The monoisotopic (exact) mass is 361 g/mol.